The molecule has 9 heteroatoms. The number of rotatable bonds is 4. The number of halogens is 3. The standard InChI is InChI=1S/C19H24F3N3O3/c1-24(11-13-6-4-5-9-28-13)12-18(27)25-15-8-3-2-7-14(15)23-17(26)10-16(25)19(20,21)22/h2-3,7-8,13,16H,4-6,9-12H2,1H3,(H,23,26). The van der Waals surface area contributed by atoms with Crippen LogP contribution < -0.4 is 10.2 Å². The fraction of sp³-hybridized carbons (Fsp3) is 0.579. The van der Waals surface area contributed by atoms with Crippen molar-refractivity contribution in [1.82, 2.24) is 4.90 Å². The summed E-state index contributed by atoms with van der Waals surface area (Å²) >= 11 is 0. The SMILES string of the molecule is CN(CC(=O)N1c2ccccc2NC(=O)CC1C(F)(F)F)CC1CCCCO1. The largest absolute Gasteiger partial charge is 0.409 e. The zero-order valence-corrected chi connectivity index (χ0v) is 15.7. The third-order valence-electron chi connectivity index (χ3n) is 4.97. The summed E-state index contributed by atoms with van der Waals surface area (Å²) in [4.78, 5) is 27.3. The van der Waals surface area contributed by atoms with Crippen LogP contribution in [0.25, 0.3) is 0 Å². The van der Waals surface area contributed by atoms with Crippen LogP contribution in [0.1, 0.15) is 25.7 Å². The molecule has 154 valence electrons. The number of benzene rings is 1. The summed E-state index contributed by atoms with van der Waals surface area (Å²) in [5, 5.41) is 2.46. The third-order valence-corrected chi connectivity index (χ3v) is 4.97. The number of hydrogen-bond acceptors (Lipinski definition) is 4. The van der Waals surface area contributed by atoms with Crippen molar-refractivity contribution in [3.05, 3.63) is 24.3 Å². The summed E-state index contributed by atoms with van der Waals surface area (Å²) < 4.78 is 46.7. The van der Waals surface area contributed by atoms with E-state index in [4.69, 9.17) is 4.74 Å². The molecule has 1 aromatic carbocycles. The lowest BCUT2D eigenvalue weighted by Crippen LogP contribution is -2.52. The molecule has 3 rings (SSSR count). The van der Waals surface area contributed by atoms with Gasteiger partial charge in [0.15, 0.2) is 0 Å². The van der Waals surface area contributed by atoms with Gasteiger partial charge >= 0.3 is 6.18 Å². The fourth-order valence-electron chi connectivity index (χ4n) is 3.67. The molecule has 2 aliphatic heterocycles. The molecule has 2 atom stereocenters. The van der Waals surface area contributed by atoms with Crippen molar-refractivity contribution < 1.29 is 27.5 Å². The number of nitrogens with one attached hydrogen (secondary N) is 1. The zero-order valence-electron chi connectivity index (χ0n) is 15.7. The Morgan fingerprint density at radius 1 is 1.32 bits per heavy atom. The molecule has 0 aliphatic carbocycles. The van der Waals surface area contributed by atoms with Crippen LogP contribution >= 0.6 is 0 Å². The second-order valence-corrected chi connectivity index (χ2v) is 7.28. The van der Waals surface area contributed by atoms with Crippen LogP contribution in [-0.4, -0.2) is 61.8 Å². The van der Waals surface area contributed by atoms with Crippen LogP contribution in [0.3, 0.4) is 0 Å². The van der Waals surface area contributed by atoms with E-state index in [9.17, 15) is 22.8 Å². The van der Waals surface area contributed by atoms with Gasteiger partial charge in [0, 0.05) is 13.2 Å². The summed E-state index contributed by atoms with van der Waals surface area (Å²) in [5.74, 6) is -1.47. The van der Waals surface area contributed by atoms with Gasteiger partial charge in [-0.15, -0.1) is 0 Å². The molecule has 2 aliphatic rings. The van der Waals surface area contributed by atoms with Gasteiger partial charge in [-0.1, -0.05) is 12.1 Å². The van der Waals surface area contributed by atoms with E-state index in [-0.39, 0.29) is 24.0 Å². The lowest BCUT2D eigenvalue weighted by molar-refractivity contribution is -0.158. The highest BCUT2D eigenvalue weighted by atomic mass is 19.4. The molecule has 1 saturated heterocycles. The van der Waals surface area contributed by atoms with Crippen LogP contribution in [0, 0.1) is 0 Å². The first kappa shape index (κ1) is 20.6. The van der Waals surface area contributed by atoms with Gasteiger partial charge in [0.2, 0.25) is 11.8 Å². The Labute approximate surface area is 161 Å². The van der Waals surface area contributed by atoms with Gasteiger partial charge in [0.05, 0.1) is 30.4 Å². The highest BCUT2D eigenvalue weighted by molar-refractivity contribution is 6.05. The maximum absolute atomic E-state index is 13.7. The minimum Gasteiger partial charge on any atom is -0.377 e. The first-order valence-corrected chi connectivity index (χ1v) is 9.33. The predicted molar refractivity (Wildman–Crippen MR) is 98.1 cm³/mol. The molecule has 1 aromatic rings. The van der Waals surface area contributed by atoms with Crippen LogP contribution in [0.4, 0.5) is 24.5 Å². The van der Waals surface area contributed by atoms with E-state index in [1.165, 1.54) is 12.1 Å². The highest BCUT2D eigenvalue weighted by Gasteiger charge is 2.49. The molecule has 2 unspecified atom stereocenters. The smallest absolute Gasteiger partial charge is 0.377 e. The van der Waals surface area contributed by atoms with E-state index in [0.717, 1.165) is 19.3 Å². The third kappa shape index (κ3) is 4.82. The number of hydrogen-bond donors (Lipinski definition) is 1. The lowest BCUT2D eigenvalue weighted by Gasteiger charge is -2.33. The number of amides is 2. The number of alkyl halides is 3. The van der Waals surface area contributed by atoms with Crippen molar-refractivity contribution in [2.45, 2.75) is 44.0 Å². The summed E-state index contributed by atoms with van der Waals surface area (Å²) in [6.07, 6.45) is -2.68. The quantitative estimate of drug-likeness (QED) is 0.846. The van der Waals surface area contributed by atoms with Gasteiger partial charge < -0.3 is 10.1 Å². The van der Waals surface area contributed by atoms with E-state index < -0.39 is 30.5 Å². The van der Waals surface area contributed by atoms with Gasteiger partial charge in [0.1, 0.15) is 6.04 Å². The van der Waals surface area contributed by atoms with Crippen molar-refractivity contribution >= 4 is 23.2 Å². The van der Waals surface area contributed by atoms with Gasteiger partial charge in [-0.05, 0) is 38.4 Å². The van der Waals surface area contributed by atoms with Crippen LogP contribution in [0.15, 0.2) is 24.3 Å². The van der Waals surface area contributed by atoms with Gasteiger partial charge in [-0.3, -0.25) is 19.4 Å². The topological polar surface area (TPSA) is 61.9 Å². The fourth-order valence-corrected chi connectivity index (χ4v) is 3.67. The number of para-hydroxylation sites is 2. The molecule has 0 bridgehead atoms. The number of nitrogens with zero attached hydrogens (tertiary/aromatic N) is 2. The predicted octanol–water partition coefficient (Wildman–Crippen LogP) is 2.79. The van der Waals surface area contributed by atoms with Crippen LogP contribution in [-0.2, 0) is 14.3 Å². The van der Waals surface area contributed by atoms with Crippen LogP contribution in [0.2, 0.25) is 0 Å². The van der Waals surface area contributed by atoms with E-state index >= 15 is 0 Å². The van der Waals surface area contributed by atoms with E-state index in [0.29, 0.717) is 18.1 Å². The first-order valence-electron chi connectivity index (χ1n) is 9.33. The Kier molecular flexibility index (Phi) is 6.24. The van der Waals surface area contributed by atoms with Crippen molar-refractivity contribution in [2.75, 3.05) is 37.0 Å². The Morgan fingerprint density at radius 2 is 2.07 bits per heavy atom. The molecular formula is C19H24F3N3O3. The van der Waals surface area contributed by atoms with E-state index in [1.54, 1.807) is 24.1 Å². The number of likely N-dealkylation sites (N-methyl/N-ethyl adjacent to an activating group) is 1. The molecule has 6 nitrogen and oxygen atoms in total. The molecule has 0 saturated carbocycles. The summed E-state index contributed by atoms with van der Waals surface area (Å²) in [5.41, 5.74) is 0.258. The van der Waals surface area contributed by atoms with Gasteiger partial charge in [0.25, 0.3) is 0 Å². The second kappa shape index (κ2) is 8.48. The number of anilines is 2. The van der Waals surface area contributed by atoms with Crippen molar-refractivity contribution in [1.29, 1.82) is 0 Å². The Bertz CT molecular complexity index is 720. The van der Waals surface area contributed by atoms with Crippen molar-refractivity contribution in [3.8, 4) is 0 Å². The highest BCUT2D eigenvalue weighted by Crippen LogP contribution is 2.37. The molecule has 28 heavy (non-hydrogen) atoms. The van der Waals surface area contributed by atoms with Gasteiger partial charge in [-0.2, -0.15) is 13.2 Å². The normalized spacial score (nSPS) is 23.2. The maximum Gasteiger partial charge on any atom is 0.409 e. The summed E-state index contributed by atoms with van der Waals surface area (Å²) in [7, 11) is 1.69. The first-order chi connectivity index (χ1) is 13.3. The minimum absolute atomic E-state index is 0.0235. The number of carbonyl (C=O) groups excluding carboxylic acids is 2. The molecule has 0 radical (unpaired) electrons. The van der Waals surface area contributed by atoms with Gasteiger partial charge in [-0.25, -0.2) is 0 Å². The molecular weight excluding hydrogens is 375 g/mol. The number of fused-ring (bicyclic) bond motifs is 1. The average molecular weight is 399 g/mol. The van der Waals surface area contributed by atoms with Crippen LogP contribution in [0.5, 0.6) is 0 Å². The molecule has 1 N–H and O–H groups in total. The number of carbonyl (C=O) groups is 2. The monoisotopic (exact) mass is 399 g/mol. The Morgan fingerprint density at radius 3 is 2.75 bits per heavy atom. The molecule has 2 heterocycles. The number of ether oxygens (including phenoxy) is 1. The summed E-state index contributed by atoms with van der Waals surface area (Å²) in [6.45, 7) is 0.930. The maximum atomic E-state index is 13.7. The molecule has 0 spiro atoms. The minimum atomic E-state index is -4.73. The molecule has 0 aromatic heterocycles. The summed E-state index contributed by atoms with van der Waals surface area (Å²) in [6, 6.07) is 3.85. The second-order valence-electron chi connectivity index (χ2n) is 7.28. The zero-order chi connectivity index (χ0) is 20.3. The van der Waals surface area contributed by atoms with Crippen molar-refractivity contribution in [2.24, 2.45) is 0 Å². The Balaban J connectivity index is 1.82. The van der Waals surface area contributed by atoms with Crippen molar-refractivity contribution in [3.63, 3.8) is 0 Å². The average Bonchev–Trinajstić information content (AvgIpc) is 2.77. The molecule has 2 amide bonds. The van der Waals surface area contributed by atoms with E-state index in [2.05, 4.69) is 5.32 Å². The molecule has 1 fully saturated rings. The van der Waals surface area contributed by atoms with E-state index in [1.807, 2.05) is 0 Å². The Hall–Kier alpha value is -2.13. The lowest BCUT2D eigenvalue weighted by atomic mass is 10.1.